The normalized spacial score (nSPS) is 15.5. The molecule has 0 amide bonds. The van der Waals surface area contributed by atoms with Crippen LogP contribution < -0.4 is 4.90 Å². The van der Waals surface area contributed by atoms with Gasteiger partial charge in [-0.05, 0) is 30.5 Å². The SMILES string of the molecule is CCc1noc(C2CCN(c3ncnc4c(-c5ccc(S(C)(=O)=O)cc5)csc34)CC2)n1. The molecule has 4 aromatic rings. The Kier molecular flexibility index (Phi) is 5.42. The Morgan fingerprint density at radius 1 is 1.16 bits per heavy atom. The van der Waals surface area contributed by atoms with Crippen molar-refractivity contribution in [2.75, 3.05) is 24.2 Å². The van der Waals surface area contributed by atoms with Crippen molar-refractivity contribution in [2.45, 2.75) is 37.0 Å². The molecule has 10 heteroatoms. The number of piperidine rings is 1. The molecule has 166 valence electrons. The molecule has 1 saturated heterocycles. The molecule has 3 aromatic heterocycles. The zero-order valence-electron chi connectivity index (χ0n) is 17.9. The molecule has 32 heavy (non-hydrogen) atoms. The molecule has 8 nitrogen and oxygen atoms in total. The Hall–Kier alpha value is -2.85. The second-order valence-corrected chi connectivity index (χ2v) is 10.9. The van der Waals surface area contributed by atoms with E-state index in [1.165, 1.54) is 6.26 Å². The zero-order valence-corrected chi connectivity index (χ0v) is 19.5. The summed E-state index contributed by atoms with van der Waals surface area (Å²) in [5.41, 5.74) is 2.82. The second kappa shape index (κ2) is 8.25. The van der Waals surface area contributed by atoms with Gasteiger partial charge in [-0.2, -0.15) is 4.98 Å². The number of hydrogen-bond donors (Lipinski definition) is 0. The van der Waals surface area contributed by atoms with E-state index in [1.807, 2.05) is 19.1 Å². The maximum absolute atomic E-state index is 11.8. The maximum atomic E-state index is 11.8. The van der Waals surface area contributed by atoms with Crippen molar-refractivity contribution in [1.82, 2.24) is 20.1 Å². The molecule has 0 saturated carbocycles. The number of nitrogens with zero attached hydrogens (tertiary/aromatic N) is 5. The van der Waals surface area contributed by atoms with Crippen molar-refractivity contribution in [1.29, 1.82) is 0 Å². The highest BCUT2D eigenvalue weighted by Gasteiger charge is 2.27. The van der Waals surface area contributed by atoms with E-state index < -0.39 is 9.84 Å². The predicted octanol–water partition coefficient (Wildman–Crippen LogP) is 4.09. The second-order valence-electron chi connectivity index (χ2n) is 7.98. The Morgan fingerprint density at radius 3 is 2.56 bits per heavy atom. The molecule has 0 unspecified atom stereocenters. The van der Waals surface area contributed by atoms with Gasteiger partial charge in [-0.15, -0.1) is 11.3 Å². The first-order valence-electron chi connectivity index (χ1n) is 10.5. The summed E-state index contributed by atoms with van der Waals surface area (Å²) >= 11 is 1.62. The van der Waals surface area contributed by atoms with Gasteiger partial charge in [0.25, 0.3) is 0 Å². The van der Waals surface area contributed by atoms with E-state index in [1.54, 1.807) is 29.8 Å². The summed E-state index contributed by atoms with van der Waals surface area (Å²) in [5, 5.41) is 6.09. The largest absolute Gasteiger partial charge is 0.355 e. The van der Waals surface area contributed by atoms with Crippen molar-refractivity contribution in [2.24, 2.45) is 0 Å². The number of sulfone groups is 1. The third kappa shape index (κ3) is 3.88. The molecule has 1 aliphatic rings. The number of rotatable bonds is 5. The van der Waals surface area contributed by atoms with Crippen LogP contribution in [0, 0.1) is 0 Å². The fourth-order valence-electron chi connectivity index (χ4n) is 4.07. The highest BCUT2D eigenvalue weighted by molar-refractivity contribution is 7.90. The molecule has 1 fully saturated rings. The third-order valence-corrected chi connectivity index (χ3v) is 7.97. The van der Waals surface area contributed by atoms with Crippen molar-refractivity contribution in [3.05, 3.63) is 47.7 Å². The molecule has 0 N–H and O–H groups in total. The fourth-order valence-corrected chi connectivity index (χ4v) is 5.74. The van der Waals surface area contributed by atoms with Crippen molar-refractivity contribution in [3.63, 3.8) is 0 Å². The molecule has 0 aliphatic carbocycles. The Balaban J connectivity index is 1.39. The third-order valence-electron chi connectivity index (χ3n) is 5.87. The minimum atomic E-state index is -3.22. The van der Waals surface area contributed by atoms with Crippen LogP contribution in [0.25, 0.3) is 21.3 Å². The topological polar surface area (TPSA) is 102 Å². The van der Waals surface area contributed by atoms with E-state index in [2.05, 4.69) is 30.4 Å². The van der Waals surface area contributed by atoms with E-state index in [0.717, 1.165) is 71.2 Å². The monoisotopic (exact) mass is 469 g/mol. The van der Waals surface area contributed by atoms with Gasteiger partial charge >= 0.3 is 0 Å². The van der Waals surface area contributed by atoms with Crippen LogP contribution in [-0.2, 0) is 16.3 Å². The number of aryl methyl sites for hydroxylation is 1. The summed E-state index contributed by atoms with van der Waals surface area (Å²) in [7, 11) is -3.22. The van der Waals surface area contributed by atoms with Gasteiger partial charge in [0.05, 0.1) is 15.1 Å². The molecule has 4 heterocycles. The lowest BCUT2D eigenvalue weighted by Gasteiger charge is -2.31. The van der Waals surface area contributed by atoms with Crippen LogP contribution in [0.1, 0.15) is 37.4 Å². The molecule has 0 radical (unpaired) electrons. The summed E-state index contributed by atoms with van der Waals surface area (Å²) in [6.45, 7) is 3.74. The molecule has 1 aromatic carbocycles. The smallest absolute Gasteiger partial charge is 0.229 e. The minimum Gasteiger partial charge on any atom is -0.355 e. The predicted molar refractivity (Wildman–Crippen MR) is 124 cm³/mol. The van der Waals surface area contributed by atoms with Crippen molar-refractivity contribution < 1.29 is 12.9 Å². The standard InChI is InChI=1S/C22H23N5O3S2/c1-3-18-25-22(30-26-18)15-8-10-27(11-9-15)21-20-19(23-13-24-21)17(12-31-20)14-4-6-16(7-5-14)32(2,28)29/h4-7,12-13,15H,3,8-11H2,1-2H3. The summed E-state index contributed by atoms with van der Waals surface area (Å²) in [5.74, 6) is 2.72. The van der Waals surface area contributed by atoms with Crippen LogP contribution >= 0.6 is 11.3 Å². The Labute approximate surface area is 190 Å². The number of aromatic nitrogens is 4. The molecular weight excluding hydrogens is 446 g/mol. The highest BCUT2D eigenvalue weighted by Crippen LogP contribution is 2.38. The van der Waals surface area contributed by atoms with E-state index in [-0.39, 0.29) is 5.92 Å². The number of fused-ring (bicyclic) bond motifs is 1. The lowest BCUT2D eigenvalue weighted by molar-refractivity contribution is 0.327. The summed E-state index contributed by atoms with van der Waals surface area (Å²) in [6, 6.07) is 6.95. The van der Waals surface area contributed by atoms with Gasteiger partial charge in [0.2, 0.25) is 5.89 Å². The average molecular weight is 470 g/mol. The highest BCUT2D eigenvalue weighted by atomic mass is 32.2. The fraction of sp³-hybridized carbons (Fsp3) is 0.364. The van der Waals surface area contributed by atoms with Gasteiger partial charge in [-0.1, -0.05) is 24.2 Å². The average Bonchev–Trinajstić information content (AvgIpc) is 3.46. The van der Waals surface area contributed by atoms with Crippen molar-refractivity contribution >= 4 is 37.2 Å². The number of benzene rings is 1. The van der Waals surface area contributed by atoms with Gasteiger partial charge in [-0.3, -0.25) is 0 Å². The minimum absolute atomic E-state index is 0.281. The molecule has 0 atom stereocenters. The van der Waals surface area contributed by atoms with Gasteiger partial charge in [0.1, 0.15) is 12.1 Å². The van der Waals surface area contributed by atoms with E-state index in [4.69, 9.17) is 4.52 Å². The zero-order chi connectivity index (χ0) is 22.3. The first-order valence-corrected chi connectivity index (χ1v) is 13.3. The first kappa shape index (κ1) is 21.0. The van der Waals surface area contributed by atoms with Gasteiger partial charge in [-0.25, -0.2) is 18.4 Å². The molecule has 5 rings (SSSR count). The van der Waals surface area contributed by atoms with Crippen LogP contribution in [0.5, 0.6) is 0 Å². The van der Waals surface area contributed by atoms with Crippen molar-refractivity contribution in [3.8, 4) is 11.1 Å². The van der Waals surface area contributed by atoms with Crippen LogP contribution in [-0.4, -0.2) is 47.9 Å². The van der Waals surface area contributed by atoms with E-state index >= 15 is 0 Å². The Morgan fingerprint density at radius 2 is 1.91 bits per heavy atom. The van der Waals surface area contributed by atoms with Gasteiger partial charge in [0, 0.05) is 42.6 Å². The first-order chi connectivity index (χ1) is 15.4. The van der Waals surface area contributed by atoms with Gasteiger partial charge in [0.15, 0.2) is 15.7 Å². The van der Waals surface area contributed by atoms with E-state index in [9.17, 15) is 8.42 Å². The maximum Gasteiger partial charge on any atom is 0.229 e. The molecule has 0 bridgehead atoms. The van der Waals surface area contributed by atoms with Crippen LogP contribution in [0.4, 0.5) is 5.82 Å². The van der Waals surface area contributed by atoms with Gasteiger partial charge < -0.3 is 9.42 Å². The number of hydrogen-bond acceptors (Lipinski definition) is 9. The molecular formula is C22H23N5O3S2. The van der Waals surface area contributed by atoms with E-state index in [0.29, 0.717) is 4.90 Å². The number of anilines is 1. The summed E-state index contributed by atoms with van der Waals surface area (Å²) in [4.78, 5) is 16.2. The lowest BCUT2D eigenvalue weighted by Crippen LogP contribution is -2.33. The lowest BCUT2D eigenvalue weighted by atomic mass is 9.96. The van der Waals surface area contributed by atoms with Crippen LogP contribution in [0.3, 0.4) is 0 Å². The molecule has 1 aliphatic heterocycles. The summed E-state index contributed by atoms with van der Waals surface area (Å²) < 4.78 is 30.0. The summed E-state index contributed by atoms with van der Waals surface area (Å²) in [6.07, 6.45) is 5.46. The Bertz CT molecular complexity index is 1350. The number of thiophene rings is 1. The quantitative estimate of drug-likeness (QED) is 0.431. The van der Waals surface area contributed by atoms with Crippen LogP contribution in [0.15, 0.2) is 45.4 Å². The molecule has 0 spiro atoms. The van der Waals surface area contributed by atoms with Crippen LogP contribution in [0.2, 0.25) is 0 Å².